The zero-order valence-electron chi connectivity index (χ0n) is 16.6. The summed E-state index contributed by atoms with van der Waals surface area (Å²) in [7, 11) is 0. The van der Waals surface area contributed by atoms with E-state index >= 15 is 0 Å². The van der Waals surface area contributed by atoms with Crippen LogP contribution in [0.25, 0.3) is 11.0 Å². The van der Waals surface area contributed by atoms with Gasteiger partial charge in [-0.25, -0.2) is 4.98 Å². The fraction of sp³-hybridized carbons (Fsp3) is 0.250. The molecule has 1 fully saturated rings. The highest BCUT2D eigenvalue weighted by molar-refractivity contribution is 5.91. The Kier molecular flexibility index (Phi) is 4.97. The quantitative estimate of drug-likeness (QED) is 0.524. The first kappa shape index (κ1) is 18.5. The molecule has 0 radical (unpaired) electrons. The number of imidazole rings is 1. The van der Waals surface area contributed by atoms with Crippen molar-refractivity contribution in [2.24, 2.45) is 0 Å². The van der Waals surface area contributed by atoms with E-state index in [0.29, 0.717) is 24.7 Å². The van der Waals surface area contributed by atoms with Crippen molar-refractivity contribution in [3.8, 4) is 5.75 Å². The number of carbonyl (C=O) groups is 1. The molecule has 1 amide bonds. The number of aromatic nitrogens is 2. The number of H-pyrrole nitrogens is 1. The summed E-state index contributed by atoms with van der Waals surface area (Å²) >= 11 is 0. The molecule has 6 heteroatoms. The minimum absolute atomic E-state index is 0.0817. The number of benzene rings is 2. The first-order valence-corrected chi connectivity index (χ1v) is 10.3. The van der Waals surface area contributed by atoms with E-state index in [9.17, 15) is 4.79 Å². The predicted molar refractivity (Wildman–Crippen MR) is 113 cm³/mol. The lowest BCUT2D eigenvalue weighted by molar-refractivity contribution is 0.0668. The van der Waals surface area contributed by atoms with Crippen LogP contribution in [0.15, 0.2) is 71.1 Å². The number of furan rings is 1. The number of carbonyl (C=O) groups excluding carboxylic acids is 1. The number of hydrogen-bond acceptors (Lipinski definition) is 4. The maximum Gasteiger partial charge on any atom is 0.289 e. The van der Waals surface area contributed by atoms with E-state index in [-0.39, 0.29) is 11.8 Å². The van der Waals surface area contributed by atoms with Gasteiger partial charge in [0.1, 0.15) is 23.9 Å². The fourth-order valence-corrected chi connectivity index (χ4v) is 3.95. The Morgan fingerprint density at radius 3 is 2.80 bits per heavy atom. The van der Waals surface area contributed by atoms with E-state index in [0.717, 1.165) is 42.0 Å². The summed E-state index contributed by atoms with van der Waals surface area (Å²) in [4.78, 5) is 23.0. The van der Waals surface area contributed by atoms with E-state index < -0.39 is 0 Å². The minimum Gasteiger partial charge on any atom is -0.486 e. The maximum absolute atomic E-state index is 13.0. The summed E-state index contributed by atoms with van der Waals surface area (Å²) in [5.41, 5.74) is 2.00. The number of nitrogens with one attached hydrogen (secondary N) is 1. The third-order valence-electron chi connectivity index (χ3n) is 5.50. The van der Waals surface area contributed by atoms with Crippen molar-refractivity contribution < 1.29 is 13.9 Å². The zero-order chi connectivity index (χ0) is 20.3. The summed E-state index contributed by atoms with van der Waals surface area (Å²) in [6.45, 7) is 1.65. The molecule has 1 unspecified atom stereocenters. The van der Waals surface area contributed by atoms with Crippen LogP contribution in [0.5, 0.6) is 5.75 Å². The van der Waals surface area contributed by atoms with Crippen molar-refractivity contribution in [1.29, 1.82) is 0 Å². The minimum atomic E-state index is -0.0817. The third kappa shape index (κ3) is 3.81. The summed E-state index contributed by atoms with van der Waals surface area (Å²) in [5, 5.41) is 0. The van der Waals surface area contributed by atoms with Crippen LogP contribution >= 0.6 is 0 Å². The molecule has 0 saturated carbocycles. The van der Waals surface area contributed by atoms with Crippen molar-refractivity contribution in [3.05, 3.63) is 84.1 Å². The molecule has 1 atom stereocenters. The number of fused-ring (bicyclic) bond motifs is 1. The Labute approximate surface area is 174 Å². The second kappa shape index (κ2) is 8.06. The van der Waals surface area contributed by atoms with Gasteiger partial charge >= 0.3 is 0 Å². The second-order valence-corrected chi connectivity index (χ2v) is 7.60. The third-order valence-corrected chi connectivity index (χ3v) is 5.50. The van der Waals surface area contributed by atoms with Gasteiger partial charge in [0.2, 0.25) is 0 Å². The van der Waals surface area contributed by atoms with Crippen LogP contribution in [0, 0.1) is 0 Å². The zero-order valence-corrected chi connectivity index (χ0v) is 16.6. The van der Waals surface area contributed by atoms with Gasteiger partial charge in [0, 0.05) is 19.0 Å². The van der Waals surface area contributed by atoms with E-state index in [4.69, 9.17) is 14.1 Å². The van der Waals surface area contributed by atoms with Gasteiger partial charge in [-0.15, -0.1) is 0 Å². The van der Waals surface area contributed by atoms with Gasteiger partial charge in [0.05, 0.1) is 11.0 Å². The van der Waals surface area contributed by atoms with Crippen LogP contribution in [0.4, 0.5) is 0 Å². The number of hydrogen-bond donors (Lipinski definition) is 1. The van der Waals surface area contributed by atoms with Gasteiger partial charge in [-0.2, -0.15) is 0 Å². The monoisotopic (exact) mass is 401 g/mol. The van der Waals surface area contributed by atoms with Crippen LogP contribution in [0.3, 0.4) is 0 Å². The van der Waals surface area contributed by atoms with E-state index in [1.54, 1.807) is 12.1 Å². The van der Waals surface area contributed by atoms with Crippen molar-refractivity contribution in [1.82, 2.24) is 14.9 Å². The second-order valence-electron chi connectivity index (χ2n) is 7.60. The lowest BCUT2D eigenvalue weighted by atomic mass is 9.97. The van der Waals surface area contributed by atoms with Crippen LogP contribution in [0.1, 0.15) is 40.9 Å². The molecule has 152 valence electrons. The number of nitrogens with zero attached hydrogens (tertiary/aromatic N) is 2. The molecule has 6 nitrogen and oxygen atoms in total. The van der Waals surface area contributed by atoms with E-state index in [1.807, 2.05) is 59.5 Å². The van der Waals surface area contributed by atoms with Gasteiger partial charge < -0.3 is 19.0 Å². The Balaban J connectivity index is 1.25. The normalized spacial score (nSPS) is 16.7. The number of piperidine rings is 1. The summed E-state index contributed by atoms with van der Waals surface area (Å²) < 4.78 is 11.5. The molecule has 1 aliphatic rings. The smallest absolute Gasteiger partial charge is 0.289 e. The number of para-hydroxylation sites is 3. The average molecular weight is 401 g/mol. The van der Waals surface area contributed by atoms with Crippen LogP contribution < -0.4 is 4.74 Å². The highest BCUT2D eigenvalue weighted by Crippen LogP contribution is 2.28. The highest BCUT2D eigenvalue weighted by Gasteiger charge is 2.28. The topological polar surface area (TPSA) is 71.4 Å². The Morgan fingerprint density at radius 1 is 1.10 bits per heavy atom. The molecule has 2 aromatic heterocycles. The molecule has 1 aliphatic heterocycles. The van der Waals surface area contributed by atoms with Gasteiger partial charge in [0.15, 0.2) is 5.76 Å². The Morgan fingerprint density at radius 2 is 1.93 bits per heavy atom. The molecular weight excluding hydrogens is 378 g/mol. The summed E-state index contributed by atoms with van der Waals surface area (Å²) in [6.07, 6.45) is 1.95. The Hall–Kier alpha value is -3.54. The molecule has 0 aliphatic carbocycles. The average Bonchev–Trinajstić information content (AvgIpc) is 3.45. The van der Waals surface area contributed by atoms with Gasteiger partial charge in [-0.05, 0) is 49.2 Å². The first-order chi connectivity index (χ1) is 14.8. The number of likely N-dealkylation sites (tertiary alicyclic amines) is 1. The number of amides is 1. The van der Waals surface area contributed by atoms with E-state index in [1.165, 1.54) is 0 Å². The fourth-order valence-electron chi connectivity index (χ4n) is 3.95. The van der Waals surface area contributed by atoms with Gasteiger partial charge in [0.25, 0.3) is 5.91 Å². The largest absolute Gasteiger partial charge is 0.486 e. The number of ether oxygens (including phenoxy) is 1. The molecule has 5 rings (SSSR count). The van der Waals surface area contributed by atoms with Crippen LogP contribution in [0.2, 0.25) is 0 Å². The van der Waals surface area contributed by atoms with Crippen LogP contribution in [-0.2, 0) is 6.61 Å². The highest BCUT2D eigenvalue weighted by atomic mass is 16.5. The first-order valence-electron chi connectivity index (χ1n) is 10.3. The SMILES string of the molecule is O=C(c1ccc(COc2ccccc2)o1)N1CCCC(c2nc3ccccc3[nH]2)C1. The molecule has 1 saturated heterocycles. The van der Waals surface area contributed by atoms with Crippen molar-refractivity contribution in [2.45, 2.75) is 25.4 Å². The molecule has 2 aromatic carbocycles. The van der Waals surface area contributed by atoms with Crippen LogP contribution in [-0.4, -0.2) is 33.9 Å². The molecule has 4 aromatic rings. The molecular formula is C24H23N3O3. The molecule has 3 heterocycles. The number of rotatable bonds is 5. The maximum atomic E-state index is 13.0. The Bertz CT molecular complexity index is 1120. The van der Waals surface area contributed by atoms with Crippen molar-refractivity contribution in [3.63, 3.8) is 0 Å². The summed E-state index contributed by atoms with van der Waals surface area (Å²) in [6, 6.07) is 21.1. The van der Waals surface area contributed by atoms with E-state index in [2.05, 4.69) is 4.98 Å². The molecule has 0 bridgehead atoms. The van der Waals surface area contributed by atoms with Crippen molar-refractivity contribution >= 4 is 16.9 Å². The molecule has 1 N–H and O–H groups in total. The number of aromatic amines is 1. The van der Waals surface area contributed by atoms with Crippen molar-refractivity contribution in [2.75, 3.05) is 13.1 Å². The summed E-state index contributed by atoms with van der Waals surface area (Å²) in [5.74, 6) is 2.82. The molecule has 30 heavy (non-hydrogen) atoms. The van der Waals surface area contributed by atoms with Gasteiger partial charge in [-0.1, -0.05) is 30.3 Å². The standard InChI is InChI=1S/C24H23N3O3/c28-24(22-13-12-19(30-22)16-29-18-8-2-1-3-9-18)27-14-6-7-17(15-27)23-25-20-10-4-5-11-21(20)26-23/h1-5,8-13,17H,6-7,14-16H2,(H,25,26). The predicted octanol–water partition coefficient (Wildman–Crippen LogP) is 4.75. The van der Waals surface area contributed by atoms with Gasteiger partial charge in [-0.3, -0.25) is 4.79 Å². The lowest BCUT2D eigenvalue weighted by Crippen LogP contribution is -2.39. The molecule has 0 spiro atoms. The lowest BCUT2D eigenvalue weighted by Gasteiger charge is -2.31.